The minimum Gasteiger partial charge on any atom is -0.354 e. The lowest BCUT2D eigenvalue weighted by atomic mass is 9.89. The maximum absolute atomic E-state index is 12.6. The van der Waals surface area contributed by atoms with E-state index in [9.17, 15) is 28.1 Å². The van der Waals surface area contributed by atoms with Crippen molar-refractivity contribution in [3.05, 3.63) is 63.7 Å². The number of carbonyl (C=O) groups excluding carboxylic acids is 2. The zero-order valence-corrected chi connectivity index (χ0v) is 19.7. The number of amides is 2. The molecule has 1 aliphatic carbocycles. The lowest BCUT2D eigenvalue weighted by Gasteiger charge is -2.20. The number of aryl methyl sites for hydroxylation is 1. The molecule has 2 aromatic rings. The Labute approximate surface area is 198 Å². The van der Waals surface area contributed by atoms with Crippen molar-refractivity contribution >= 4 is 33.2 Å². The number of nitro benzene ring substituents is 1. The van der Waals surface area contributed by atoms with Gasteiger partial charge in [0, 0.05) is 41.9 Å². The summed E-state index contributed by atoms with van der Waals surface area (Å²) in [5.41, 5.74) is 0.602. The van der Waals surface area contributed by atoms with Crippen LogP contribution in [-0.4, -0.2) is 38.2 Å². The summed E-state index contributed by atoms with van der Waals surface area (Å²) >= 11 is 0. The molecular formula is C23H28N4O6S. The molecule has 10 nitrogen and oxygen atoms in total. The van der Waals surface area contributed by atoms with Crippen LogP contribution in [0.2, 0.25) is 0 Å². The Kier molecular flexibility index (Phi) is 8.21. The van der Waals surface area contributed by atoms with Crippen LogP contribution in [0, 0.1) is 23.0 Å². The first-order valence-corrected chi connectivity index (χ1v) is 12.6. The topological polar surface area (TPSA) is 148 Å². The van der Waals surface area contributed by atoms with Gasteiger partial charge in [0.1, 0.15) is 0 Å². The minimum atomic E-state index is -4.05. The molecule has 0 aliphatic heterocycles. The molecule has 0 bridgehead atoms. The molecular weight excluding hydrogens is 460 g/mol. The SMILES string of the molecule is Cc1ccc(S(=O)(=O)Nc2ccc(C(=O)NCCNC(=O)C3CCCCC3)cc2)cc1[N+](=O)[O-]. The van der Waals surface area contributed by atoms with Gasteiger partial charge >= 0.3 is 0 Å². The zero-order valence-electron chi connectivity index (χ0n) is 18.9. The van der Waals surface area contributed by atoms with Crippen molar-refractivity contribution in [1.29, 1.82) is 0 Å². The first-order valence-electron chi connectivity index (χ1n) is 11.1. The monoisotopic (exact) mass is 488 g/mol. The van der Waals surface area contributed by atoms with E-state index in [0.29, 0.717) is 17.7 Å². The summed E-state index contributed by atoms with van der Waals surface area (Å²) in [5.74, 6) is -0.258. The number of anilines is 1. The van der Waals surface area contributed by atoms with Gasteiger partial charge in [-0.3, -0.25) is 24.4 Å². The molecule has 0 radical (unpaired) electrons. The van der Waals surface area contributed by atoms with E-state index in [2.05, 4.69) is 15.4 Å². The van der Waals surface area contributed by atoms with Crippen LogP contribution in [0.25, 0.3) is 0 Å². The molecule has 182 valence electrons. The van der Waals surface area contributed by atoms with Gasteiger partial charge in [0.15, 0.2) is 0 Å². The lowest BCUT2D eigenvalue weighted by Crippen LogP contribution is -2.38. The Morgan fingerprint density at radius 3 is 2.29 bits per heavy atom. The maximum Gasteiger partial charge on any atom is 0.273 e. The van der Waals surface area contributed by atoms with Crippen LogP contribution in [0.15, 0.2) is 47.4 Å². The van der Waals surface area contributed by atoms with E-state index in [1.165, 1.54) is 49.7 Å². The standard InChI is InChI=1S/C23H28N4O6S/c1-16-7-12-20(15-21(16)27(30)31)34(32,33)26-19-10-8-18(9-11-19)23(29)25-14-13-24-22(28)17-5-3-2-4-6-17/h7-12,15,17,26H,2-6,13-14H2,1H3,(H,24,28)(H,25,29). The number of nitrogens with one attached hydrogen (secondary N) is 3. The molecule has 1 aliphatic rings. The Bertz CT molecular complexity index is 1160. The Balaban J connectivity index is 1.52. The first-order chi connectivity index (χ1) is 16.2. The summed E-state index contributed by atoms with van der Waals surface area (Å²) in [5, 5.41) is 16.7. The van der Waals surface area contributed by atoms with E-state index in [1.54, 1.807) is 0 Å². The van der Waals surface area contributed by atoms with Gasteiger partial charge in [-0.15, -0.1) is 0 Å². The predicted molar refractivity (Wildman–Crippen MR) is 127 cm³/mol. The van der Waals surface area contributed by atoms with Crippen molar-refractivity contribution in [3.63, 3.8) is 0 Å². The number of sulfonamides is 1. The van der Waals surface area contributed by atoms with Gasteiger partial charge in [-0.05, 0) is 50.1 Å². The summed E-state index contributed by atoms with van der Waals surface area (Å²) in [7, 11) is -4.05. The highest BCUT2D eigenvalue weighted by Crippen LogP contribution is 2.25. The molecule has 34 heavy (non-hydrogen) atoms. The normalized spacial score (nSPS) is 14.3. The maximum atomic E-state index is 12.6. The number of benzene rings is 2. The van der Waals surface area contributed by atoms with E-state index >= 15 is 0 Å². The third-order valence-corrected chi connectivity index (χ3v) is 7.15. The molecule has 3 rings (SSSR count). The number of rotatable bonds is 9. The van der Waals surface area contributed by atoms with Crippen LogP contribution in [-0.2, 0) is 14.8 Å². The van der Waals surface area contributed by atoms with Gasteiger partial charge in [-0.2, -0.15) is 0 Å². The second-order valence-corrected chi connectivity index (χ2v) is 9.95. The number of nitro groups is 1. The van der Waals surface area contributed by atoms with Crippen LogP contribution >= 0.6 is 0 Å². The minimum absolute atomic E-state index is 0.0319. The predicted octanol–water partition coefficient (Wildman–Crippen LogP) is 3.13. The molecule has 0 heterocycles. The summed E-state index contributed by atoms with van der Waals surface area (Å²) in [4.78, 5) is 34.7. The van der Waals surface area contributed by atoms with E-state index in [4.69, 9.17) is 0 Å². The molecule has 11 heteroatoms. The van der Waals surface area contributed by atoms with Crippen molar-refractivity contribution in [1.82, 2.24) is 10.6 Å². The highest BCUT2D eigenvalue weighted by Gasteiger charge is 2.21. The summed E-state index contributed by atoms with van der Waals surface area (Å²) in [6.07, 6.45) is 5.15. The number of carbonyl (C=O) groups is 2. The highest BCUT2D eigenvalue weighted by molar-refractivity contribution is 7.92. The van der Waals surface area contributed by atoms with E-state index in [-0.39, 0.29) is 40.5 Å². The second-order valence-electron chi connectivity index (χ2n) is 8.27. The highest BCUT2D eigenvalue weighted by atomic mass is 32.2. The lowest BCUT2D eigenvalue weighted by molar-refractivity contribution is -0.385. The molecule has 0 spiro atoms. The molecule has 1 saturated carbocycles. The van der Waals surface area contributed by atoms with Gasteiger partial charge in [0.05, 0.1) is 9.82 Å². The average molecular weight is 489 g/mol. The van der Waals surface area contributed by atoms with Gasteiger partial charge < -0.3 is 10.6 Å². The van der Waals surface area contributed by atoms with Gasteiger partial charge in [-0.1, -0.05) is 25.3 Å². The third kappa shape index (κ3) is 6.53. The Hall–Kier alpha value is -3.47. The molecule has 0 saturated heterocycles. The second kappa shape index (κ2) is 11.1. The average Bonchev–Trinajstić information content (AvgIpc) is 2.82. The summed E-state index contributed by atoms with van der Waals surface area (Å²) < 4.78 is 27.6. The Morgan fingerprint density at radius 2 is 1.65 bits per heavy atom. The zero-order chi connectivity index (χ0) is 24.7. The smallest absolute Gasteiger partial charge is 0.273 e. The quantitative estimate of drug-likeness (QED) is 0.281. The van der Waals surface area contributed by atoms with Crippen LogP contribution in [0.5, 0.6) is 0 Å². The van der Waals surface area contributed by atoms with Gasteiger partial charge in [0.2, 0.25) is 5.91 Å². The number of nitrogens with zero attached hydrogens (tertiary/aromatic N) is 1. The first kappa shape index (κ1) is 25.2. The van der Waals surface area contributed by atoms with E-state index < -0.39 is 14.9 Å². The molecule has 0 unspecified atom stereocenters. The van der Waals surface area contributed by atoms with Crippen molar-refractivity contribution in [3.8, 4) is 0 Å². The van der Waals surface area contributed by atoms with Crippen LogP contribution in [0.4, 0.5) is 11.4 Å². The number of hydrogen-bond acceptors (Lipinski definition) is 6. The third-order valence-electron chi connectivity index (χ3n) is 5.77. The molecule has 2 amide bonds. The molecule has 2 aromatic carbocycles. The molecule has 1 fully saturated rings. The van der Waals surface area contributed by atoms with Gasteiger partial charge in [0.25, 0.3) is 21.6 Å². The fourth-order valence-corrected chi connectivity index (χ4v) is 4.91. The largest absolute Gasteiger partial charge is 0.354 e. The van der Waals surface area contributed by atoms with Crippen molar-refractivity contribution in [2.24, 2.45) is 5.92 Å². The van der Waals surface area contributed by atoms with E-state index in [1.807, 2.05) is 0 Å². The van der Waals surface area contributed by atoms with Crippen molar-refractivity contribution < 1.29 is 22.9 Å². The summed E-state index contributed by atoms with van der Waals surface area (Å²) in [6.45, 7) is 2.13. The molecule has 0 aromatic heterocycles. The molecule has 0 atom stereocenters. The van der Waals surface area contributed by atoms with E-state index in [0.717, 1.165) is 31.7 Å². The van der Waals surface area contributed by atoms with Crippen molar-refractivity contribution in [2.45, 2.75) is 43.9 Å². The van der Waals surface area contributed by atoms with Crippen LogP contribution in [0.3, 0.4) is 0 Å². The van der Waals surface area contributed by atoms with Crippen molar-refractivity contribution in [2.75, 3.05) is 17.8 Å². The van der Waals surface area contributed by atoms with Gasteiger partial charge in [-0.25, -0.2) is 8.42 Å². The number of hydrogen-bond donors (Lipinski definition) is 3. The fraction of sp³-hybridized carbons (Fsp3) is 0.391. The summed E-state index contributed by atoms with van der Waals surface area (Å²) in [6, 6.07) is 9.46. The fourth-order valence-electron chi connectivity index (χ4n) is 3.83. The molecule has 3 N–H and O–H groups in total. The van der Waals surface area contributed by atoms with Crippen LogP contribution in [0.1, 0.15) is 48.0 Å². The Morgan fingerprint density at radius 1 is 1.00 bits per heavy atom. The van der Waals surface area contributed by atoms with Crippen LogP contribution < -0.4 is 15.4 Å².